The quantitative estimate of drug-likeness (QED) is 0.731. The number of hydrogen-bond donors (Lipinski definition) is 1. The first-order chi connectivity index (χ1) is 8.87. The van der Waals surface area contributed by atoms with Crippen LogP contribution in [0.1, 0.15) is 11.1 Å². The lowest BCUT2D eigenvalue weighted by Crippen LogP contribution is -2.10. The summed E-state index contributed by atoms with van der Waals surface area (Å²) >= 11 is 0. The molecule has 1 N–H and O–H groups in total. The summed E-state index contributed by atoms with van der Waals surface area (Å²) in [6.07, 6.45) is 3.40. The monoisotopic (exact) mass is 253 g/mol. The van der Waals surface area contributed by atoms with Crippen molar-refractivity contribution in [1.29, 1.82) is 0 Å². The number of hydrogen-bond acceptors (Lipinski definition) is 1. The Kier molecular flexibility index (Phi) is 2.09. The molecule has 2 aromatic carbocycles. The van der Waals surface area contributed by atoms with E-state index in [0.717, 1.165) is 12.2 Å². The lowest BCUT2D eigenvalue weighted by atomic mass is 10.1. The van der Waals surface area contributed by atoms with Crippen LogP contribution in [0.25, 0.3) is 0 Å². The predicted molar refractivity (Wildman–Crippen MR) is 78.9 cm³/mol. The number of anilines is 1. The number of rotatable bonds is 0. The van der Waals surface area contributed by atoms with Crippen LogP contribution in [0.2, 0.25) is 0 Å². The summed E-state index contributed by atoms with van der Waals surface area (Å²) in [6, 6.07) is 17.6. The second-order valence-corrected chi connectivity index (χ2v) is 7.67. The van der Waals surface area contributed by atoms with Crippen molar-refractivity contribution in [3.63, 3.8) is 0 Å². The third-order valence-corrected chi connectivity index (χ3v) is 6.91. The molecule has 18 heavy (non-hydrogen) atoms. The molecule has 0 saturated carbocycles. The van der Waals surface area contributed by atoms with E-state index in [2.05, 4.69) is 64.7 Å². The van der Waals surface area contributed by atoms with Gasteiger partial charge in [0, 0.05) is 16.3 Å². The molecule has 0 radical (unpaired) electrons. The Labute approximate surface area is 109 Å². The van der Waals surface area contributed by atoms with Gasteiger partial charge in [-0.1, -0.05) is 42.5 Å². The fraction of sp³-hybridized carbons (Fsp3) is 0.125. The van der Waals surface area contributed by atoms with Gasteiger partial charge in [-0.2, -0.15) is 0 Å². The molecule has 2 aromatic rings. The maximum Gasteiger partial charge on any atom is 0.0473 e. The van der Waals surface area contributed by atoms with E-state index in [1.54, 1.807) is 0 Å². The lowest BCUT2D eigenvalue weighted by molar-refractivity contribution is 1.15. The molecule has 1 atom stereocenters. The Bertz CT molecular complexity index is 620. The molecule has 1 unspecified atom stereocenters. The fourth-order valence-corrected chi connectivity index (χ4v) is 6.23. The first-order valence-electron chi connectivity index (χ1n) is 6.29. The largest absolute Gasteiger partial charge is 0.339 e. The van der Waals surface area contributed by atoms with Crippen LogP contribution in [0, 0.1) is 0 Å². The molecule has 2 aliphatic heterocycles. The molecule has 0 aromatic heterocycles. The number of para-hydroxylation sites is 1. The molecule has 0 amide bonds. The summed E-state index contributed by atoms with van der Waals surface area (Å²) in [5.74, 6) is 1.14. The average Bonchev–Trinajstić information content (AvgIpc) is 2.78. The molecule has 0 saturated heterocycles. The van der Waals surface area contributed by atoms with Crippen LogP contribution in [-0.4, -0.2) is 0 Å². The molecule has 0 fully saturated rings. The van der Waals surface area contributed by atoms with Crippen molar-refractivity contribution >= 4 is 15.9 Å². The van der Waals surface area contributed by atoms with Crippen LogP contribution in [0.5, 0.6) is 0 Å². The topological polar surface area (TPSA) is 12.0 Å². The minimum atomic E-state index is -1.01. The smallest absolute Gasteiger partial charge is 0.0473 e. The van der Waals surface area contributed by atoms with Crippen molar-refractivity contribution in [3.8, 4) is 0 Å². The number of fused-ring (bicyclic) bond motifs is 3. The van der Waals surface area contributed by atoms with Crippen LogP contribution in [0.15, 0.2) is 64.9 Å². The van der Waals surface area contributed by atoms with Gasteiger partial charge in [-0.05, 0) is 35.1 Å². The Morgan fingerprint density at radius 2 is 1.67 bits per heavy atom. The van der Waals surface area contributed by atoms with E-state index >= 15 is 0 Å². The van der Waals surface area contributed by atoms with Gasteiger partial charge in [0.15, 0.2) is 0 Å². The molecule has 90 valence electrons. The first-order valence-corrected chi connectivity index (χ1v) is 8.15. The number of allylic oxidation sites excluding steroid dienone is 1. The zero-order valence-corrected chi connectivity index (χ0v) is 10.9. The van der Waals surface area contributed by atoms with Crippen molar-refractivity contribution in [2.24, 2.45) is 0 Å². The molecule has 1 nitrogen and oxygen atoms in total. The van der Waals surface area contributed by atoms with Gasteiger partial charge in [0.2, 0.25) is 0 Å². The minimum absolute atomic E-state index is 1.01. The van der Waals surface area contributed by atoms with Gasteiger partial charge in [0.05, 0.1) is 0 Å². The van der Waals surface area contributed by atoms with Crippen LogP contribution in [-0.2, 0) is 12.2 Å². The van der Waals surface area contributed by atoms with Gasteiger partial charge in [-0.3, -0.25) is 0 Å². The summed E-state index contributed by atoms with van der Waals surface area (Å²) in [4.78, 5) is 1.52. The Morgan fingerprint density at radius 3 is 2.56 bits per heavy atom. The highest BCUT2D eigenvalue weighted by Crippen LogP contribution is 2.66. The molecule has 4 rings (SSSR count). The fourth-order valence-electron chi connectivity index (χ4n) is 2.88. The molecule has 2 heteroatoms. The molecule has 0 aliphatic carbocycles. The maximum atomic E-state index is 3.80. The van der Waals surface area contributed by atoms with Gasteiger partial charge in [0.1, 0.15) is 0 Å². The van der Waals surface area contributed by atoms with Gasteiger partial charge in [-0.15, -0.1) is 10.2 Å². The van der Waals surface area contributed by atoms with Crippen molar-refractivity contribution in [1.82, 2.24) is 0 Å². The summed E-state index contributed by atoms with van der Waals surface area (Å²) < 4.78 is 3.80. The van der Waals surface area contributed by atoms with Crippen molar-refractivity contribution in [2.75, 3.05) is 4.72 Å². The van der Waals surface area contributed by atoms with Crippen LogP contribution in [0.4, 0.5) is 5.69 Å². The summed E-state index contributed by atoms with van der Waals surface area (Å²) in [5.41, 5.74) is 4.25. The molecule has 2 heterocycles. The van der Waals surface area contributed by atoms with Crippen LogP contribution in [0.3, 0.4) is 0 Å². The van der Waals surface area contributed by atoms with Crippen molar-refractivity contribution < 1.29 is 0 Å². The zero-order valence-electron chi connectivity index (χ0n) is 10.1. The number of nitrogens with one attached hydrogen (secondary N) is 1. The van der Waals surface area contributed by atoms with E-state index in [-0.39, 0.29) is 0 Å². The normalized spacial score (nSPS) is 27.1. The van der Waals surface area contributed by atoms with E-state index < -0.39 is 10.2 Å². The van der Waals surface area contributed by atoms with Gasteiger partial charge in [0.25, 0.3) is 0 Å². The molecule has 2 aliphatic rings. The molecular formula is C16H15NS. The number of benzene rings is 2. The van der Waals surface area contributed by atoms with Crippen LogP contribution >= 0.6 is 10.2 Å². The van der Waals surface area contributed by atoms with Gasteiger partial charge < -0.3 is 4.72 Å². The standard InChI is InChI=1S/C16H15NS/c1-3-9-15-14(7-1)12-18(17-15)11-5-8-13-6-2-4-10-16(13)18/h1-7,9-11,17H,8,12H2. The van der Waals surface area contributed by atoms with Crippen LogP contribution < -0.4 is 4.72 Å². The highest BCUT2D eigenvalue weighted by molar-refractivity contribution is 8.36. The first kappa shape index (κ1) is 10.3. The second-order valence-electron chi connectivity index (χ2n) is 4.88. The lowest BCUT2D eigenvalue weighted by Gasteiger charge is -2.37. The second kappa shape index (κ2) is 3.66. The van der Waals surface area contributed by atoms with E-state index in [1.807, 2.05) is 0 Å². The average molecular weight is 253 g/mol. The molecule has 0 bridgehead atoms. The minimum Gasteiger partial charge on any atom is -0.339 e. The Morgan fingerprint density at radius 1 is 0.889 bits per heavy atom. The van der Waals surface area contributed by atoms with Crippen molar-refractivity contribution in [3.05, 3.63) is 71.1 Å². The third-order valence-electron chi connectivity index (χ3n) is 3.72. The van der Waals surface area contributed by atoms with Gasteiger partial charge >= 0.3 is 0 Å². The van der Waals surface area contributed by atoms with E-state index in [4.69, 9.17) is 0 Å². The SMILES string of the molecule is C1=CS2(Cc3ccccc3N2)c2ccccc2C1. The highest BCUT2D eigenvalue weighted by Gasteiger charge is 2.34. The maximum absolute atomic E-state index is 3.80. The molecule has 1 spiro atoms. The van der Waals surface area contributed by atoms with E-state index in [0.29, 0.717) is 0 Å². The highest BCUT2D eigenvalue weighted by atomic mass is 32.3. The van der Waals surface area contributed by atoms with E-state index in [1.165, 1.54) is 21.7 Å². The third kappa shape index (κ3) is 1.36. The predicted octanol–water partition coefficient (Wildman–Crippen LogP) is 4.46. The Balaban J connectivity index is 1.88. The zero-order chi connectivity index (χ0) is 12.0. The summed E-state index contributed by atoms with van der Waals surface area (Å²) in [7, 11) is -1.01. The van der Waals surface area contributed by atoms with Crippen molar-refractivity contribution in [2.45, 2.75) is 17.1 Å². The summed E-state index contributed by atoms with van der Waals surface area (Å²) in [6.45, 7) is 0. The summed E-state index contributed by atoms with van der Waals surface area (Å²) in [5, 5.41) is 2.43. The molecular weight excluding hydrogens is 238 g/mol. The van der Waals surface area contributed by atoms with E-state index in [9.17, 15) is 0 Å². The van der Waals surface area contributed by atoms with Gasteiger partial charge in [-0.25, -0.2) is 0 Å². The Hall–Kier alpha value is -1.67.